The van der Waals surface area contributed by atoms with Crippen LogP contribution >= 0.6 is 0 Å². The van der Waals surface area contributed by atoms with Gasteiger partial charge in [0.2, 0.25) is 5.95 Å². The number of imidazole rings is 1. The number of piperazine rings is 1. The molecule has 8 nitrogen and oxygen atoms in total. The van der Waals surface area contributed by atoms with Crippen molar-refractivity contribution >= 4 is 27.9 Å². The minimum absolute atomic E-state index is 0.406. The van der Waals surface area contributed by atoms with Gasteiger partial charge in [-0.15, -0.1) is 0 Å². The van der Waals surface area contributed by atoms with Gasteiger partial charge in [0.15, 0.2) is 11.2 Å². The van der Waals surface area contributed by atoms with Gasteiger partial charge in [0.05, 0.1) is 6.54 Å². The fourth-order valence-electron chi connectivity index (χ4n) is 4.70. The zero-order valence-electron chi connectivity index (χ0n) is 19.0. The number of benzene rings is 2. The molecule has 2 aromatic heterocycles. The molecule has 170 valence electrons. The average molecular weight is 445 g/mol. The Balaban J connectivity index is 1.62. The predicted octanol–water partition coefficient (Wildman–Crippen LogP) is 2.32. The number of nitrogens with one attached hydrogen (secondary N) is 1. The topological polar surface area (TPSA) is 79.2 Å². The van der Waals surface area contributed by atoms with E-state index in [-0.39, 0.29) is 0 Å². The van der Waals surface area contributed by atoms with Crippen molar-refractivity contribution in [3.8, 4) is 0 Å². The molecule has 2 aromatic carbocycles. The Hall–Kier alpha value is -3.65. The first kappa shape index (κ1) is 21.2. The number of fused-ring (bicyclic) bond motifs is 2. The van der Waals surface area contributed by atoms with Crippen LogP contribution in [0, 0.1) is 0 Å². The summed E-state index contributed by atoms with van der Waals surface area (Å²) in [7, 11) is 1.64. The van der Waals surface area contributed by atoms with Gasteiger partial charge >= 0.3 is 5.69 Å². The van der Waals surface area contributed by atoms with E-state index in [2.05, 4.69) is 45.6 Å². The number of rotatable bonds is 5. The van der Waals surface area contributed by atoms with Gasteiger partial charge in [0, 0.05) is 39.8 Å². The Kier molecular flexibility index (Phi) is 5.38. The summed E-state index contributed by atoms with van der Waals surface area (Å²) in [5.41, 5.74) is 2.21. The molecule has 5 rings (SSSR count). The first-order valence-electron chi connectivity index (χ1n) is 11.2. The third kappa shape index (κ3) is 3.87. The molecule has 1 N–H and O–H groups in total. The van der Waals surface area contributed by atoms with Crippen LogP contribution in [-0.4, -0.2) is 56.7 Å². The van der Waals surface area contributed by atoms with Gasteiger partial charge in [0.1, 0.15) is 0 Å². The fourth-order valence-corrected chi connectivity index (χ4v) is 4.70. The molecule has 0 spiro atoms. The minimum Gasteiger partial charge on any atom is -0.340 e. The highest BCUT2D eigenvalue weighted by Gasteiger charge is 2.25. The van der Waals surface area contributed by atoms with Gasteiger partial charge in [-0.3, -0.25) is 23.8 Å². The number of H-pyrrole nitrogens is 1. The number of aryl methyl sites for hydroxylation is 1. The maximum absolute atomic E-state index is 12.9. The van der Waals surface area contributed by atoms with Gasteiger partial charge in [0.25, 0.3) is 5.56 Å². The molecule has 1 saturated heterocycles. The van der Waals surface area contributed by atoms with Crippen LogP contribution in [0.2, 0.25) is 0 Å². The smallest absolute Gasteiger partial charge is 0.329 e. The number of aromatic nitrogens is 4. The van der Waals surface area contributed by atoms with Crippen LogP contribution in [0.3, 0.4) is 0 Å². The molecule has 33 heavy (non-hydrogen) atoms. The van der Waals surface area contributed by atoms with Crippen molar-refractivity contribution in [2.24, 2.45) is 7.05 Å². The molecule has 1 aliphatic rings. The van der Waals surface area contributed by atoms with Crippen molar-refractivity contribution in [3.63, 3.8) is 0 Å². The molecule has 1 fully saturated rings. The van der Waals surface area contributed by atoms with Crippen molar-refractivity contribution in [2.75, 3.05) is 37.6 Å². The van der Waals surface area contributed by atoms with Crippen molar-refractivity contribution in [1.82, 2.24) is 24.0 Å². The summed E-state index contributed by atoms with van der Waals surface area (Å²) >= 11 is 0. The van der Waals surface area contributed by atoms with E-state index in [0.29, 0.717) is 17.7 Å². The normalized spacial score (nSPS) is 14.9. The summed E-state index contributed by atoms with van der Waals surface area (Å²) in [6.45, 7) is 10.8. The van der Waals surface area contributed by atoms with Crippen molar-refractivity contribution in [1.29, 1.82) is 0 Å². The summed E-state index contributed by atoms with van der Waals surface area (Å²) in [5.74, 6) is 0.722. The number of hydrogen-bond donors (Lipinski definition) is 1. The van der Waals surface area contributed by atoms with Crippen LogP contribution in [0.1, 0.15) is 12.5 Å². The second-order valence-corrected chi connectivity index (χ2v) is 8.85. The number of hydrogen-bond acceptors (Lipinski definition) is 5. The van der Waals surface area contributed by atoms with E-state index in [1.165, 1.54) is 4.57 Å². The summed E-state index contributed by atoms with van der Waals surface area (Å²) in [4.78, 5) is 37.0. The quantitative estimate of drug-likeness (QED) is 0.478. The van der Waals surface area contributed by atoms with E-state index in [9.17, 15) is 9.59 Å². The second-order valence-electron chi connectivity index (χ2n) is 8.85. The molecular weight excluding hydrogens is 416 g/mol. The standard InChI is InChI=1S/C25H28N6O2/c1-17(2)15-29-11-13-30(14-12-29)24-26-22-21(23(32)27-25(33)28(22)3)31(24)16-19-9-6-8-18-7-4-5-10-20(18)19/h4-10H,1,11-16H2,2-3H3,(H,27,32,33). The fraction of sp³-hybridized carbons (Fsp3) is 0.320. The Morgan fingerprint density at radius 2 is 1.79 bits per heavy atom. The van der Waals surface area contributed by atoms with Crippen molar-refractivity contribution in [2.45, 2.75) is 13.5 Å². The Morgan fingerprint density at radius 3 is 2.55 bits per heavy atom. The van der Waals surface area contributed by atoms with Gasteiger partial charge in [-0.2, -0.15) is 4.98 Å². The van der Waals surface area contributed by atoms with E-state index in [4.69, 9.17) is 4.98 Å². The molecule has 4 aromatic rings. The molecule has 0 saturated carbocycles. The third-order valence-electron chi connectivity index (χ3n) is 6.34. The highest BCUT2D eigenvalue weighted by Crippen LogP contribution is 2.25. The maximum Gasteiger partial charge on any atom is 0.329 e. The monoisotopic (exact) mass is 444 g/mol. The van der Waals surface area contributed by atoms with E-state index in [0.717, 1.165) is 60.6 Å². The minimum atomic E-state index is -0.458. The Bertz CT molecular complexity index is 1460. The number of aromatic amines is 1. The van der Waals surface area contributed by atoms with Gasteiger partial charge < -0.3 is 4.90 Å². The summed E-state index contributed by atoms with van der Waals surface area (Å²) in [5, 5.41) is 2.29. The van der Waals surface area contributed by atoms with Crippen LogP contribution < -0.4 is 16.1 Å². The molecule has 0 unspecified atom stereocenters. The zero-order chi connectivity index (χ0) is 23.1. The molecule has 0 amide bonds. The highest BCUT2D eigenvalue weighted by atomic mass is 16.2. The number of anilines is 1. The molecule has 3 heterocycles. The van der Waals surface area contributed by atoms with Crippen LogP contribution in [0.5, 0.6) is 0 Å². The SMILES string of the molecule is C=C(C)CN1CCN(c2nc3c(c(=O)[nH]c(=O)n3C)n2Cc2cccc3ccccc23)CC1. The van der Waals surface area contributed by atoms with Crippen molar-refractivity contribution in [3.05, 3.63) is 81.0 Å². The Labute approximate surface area is 191 Å². The first-order valence-corrected chi connectivity index (χ1v) is 11.2. The molecule has 8 heteroatoms. The summed E-state index contributed by atoms with van der Waals surface area (Å²) in [6.07, 6.45) is 0. The van der Waals surface area contributed by atoms with Crippen LogP contribution in [0.25, 0.3) is 21.9 Å². The van der Waals surface area contributed by atoms with Crippen LogP contribution in [0.15, 0.2) is 64.2 Å². The molecule has 0 bridgehead atoms. The van der Waals surface area contributed by atoms with Crippen LogP contribution in [-0.2, 0) is 13.6 Å². The van der Waals surface area contributed by atoms with Gasteiger partial charge in [-0.1, -0.05) is 54.6 Å². The van der Waals surface area contributed by atoms with Crippen molar-refractivity contribution < 1.29 is 0 Å². The first-order chi connectivity index (χ1) is 15.9. The molecule has 0 aliphatic carbocycles. The van der Waals surface area contributed by atoms with E-state index in [1.807, 2.05) is 29.7 Å². The lowest BCUT2D eigenvalue weighted by molar-refractivity contribution is 0.276. The lowest BCUT2D eigenvalue weighted by Gasteiger charge is -2.35. The van der Waals surface area contributed by atoms with Crippen LogP contribution in [0.4, 0.5) is 5.95 Å². The molecular formula is C25H28N6O2. The second kappa shape index (κ2) is 8.37. The third-order valence-corrected chi connectivity index (χ3v) is 6.34. The maximum atomic E-state index is 12.9. The molecule has 0 atom stereocenters. The van der Waals surface area contributed by atoms with E-state index >= 15 is 0 Å². The molecule has 0 radical (unpaired) electrons. The zero-order valence-corrected chi connectivity index (χ0v) is 19.0. The largest absolute Gasteiger partial charge is 0.340 e. The van der Waals surface area contributed by atoms with E-state index < -0.39 is 11.2 Å². The molecule has 1 aliphatic heterocycles. The van der Waals surface area contributed by atoms with Gasteiger partial charge in [-0.25, -0.2) is 4.79 Å². The van der Waals surface area contributed by atoms with Gasteiger partial charge in [-0.05, 0) is 23.3 Å². The Morgan fingerprint density at radius 1 is 1.06 bits per heavy atom. The van der Waals surface area contributed by atoms with E-state index in [1.54, 1.807) is 7.05 Å². The number of nitrogens with zero attached hydrogens (tertiary/aromatic N) is 5. The summed E-state index contributed by atoms with van der Waals surface area (Å²) in [6, 6.07) is 14.4. The lowest BCUT2D eigenvalue weighted by atomic mass is 10.0. The predicted molar refractivity (Wildman–Crippen MR) is 132 cm³/mol. The summed E-state index contributed by atoms with van der Waals surface area (Å²) < 4.78 is 3.38. The lowest BCUT2D eigenvalue weighted by Crippen LogP contribution is -2.47. The average Bonchev–Trinajstić information content (AvgIpc) is 3.18. The highest BCUT2D eigenvalue weighted by molar-refractivity contribution is 5.86.